The number of hydrogen-bond acceptors (Lipinski definition) is 5. The molecular formula is C21H25N3O2S. The fraction of sp³-hybridized carbons (Fsp3) is 0.381. The van der Waals surface area contributed by atoms with Crippen LogP contribution in [0.3, 0.4) is 0 Å². The molecule has 0 aliphatic heterocycles. The van der Waals surface area contributed by atoms with Gasteiger partial charge in [-0.1, -0.05) is 32.0 Å². The molecule has 1 unspecified atom stereocenters. The van der Waals surface area contributed by atoms with Gasteiger partial charge in [0, 0.05) is 11.4 Å². The third-order valence-electron chi connectivity index (χ3n) is 4.10. The average molecular weight is 384 g/mol. The fourth-order valence-electron chi connectivity index (χ4n) is 2.50. The van der Waals surface area contributed by atoms with Crippen molar-refractivity contribution in [2.24, 2.45) is 0 Å². The lowest BCUT2D eigenvalue weighted by Crippen LogP contribution is -2.24. The van der Waals surface area contributed by atoms with E-state index >= 15 is 0 Å². The standard InChI is InChI=1S/C21H25N3O2S/c1-4-6-7-16-9-8-15(14-22)21(24-16)27-19(5-2)20(25)23-17-10-12-18(26-3)13-11-17/h8-13,19H,4-7H2,1-3H3,(H,23,25). The summed E-state index contributed by atoms with van der Waals surface area (Å²) in [6.07, 6.45) is 3.66. The minimum atomic E-state index is -0.326. The number of rotatable bonds is 9. The molecule has 1 heterocycles. The van der Waals surface area contributed by atoms with Gasteiger partial charge in [-0.05, 0) is 55.7 Å². The Morgan fingerprint density at radius 3 is 2.59 bits per heavy atom. The number of nitrogens with zero attached hydrogens (tertiary/aromatic N) is 2. The highest BCUT2D eigenvalue weighted by molar-refractivity contribution is 8.00. The summed E-state index contributed by atoms with van der Waals surface area (Å²) in [5, 5.41) is 12.6. The highest BCUT2D eigenvalue weighted by atomic mass is 32.2. The average Bonchev–Trinajstić information content (AvgIpc) is 2.70. The molecule has 142 valence electrons. The summed E-state index contributed by atoms with van der Waals surface area (Å²) in [4.78, 5) is 17.3. The molecule has 1 N–H and O–H groups in total. The number of aryl methyl sites for hydroxylation is 1. The van der Waals surface area contributed by atoms with Gasteiger partial charge in [0.25, 0.3) is 0 Å². The second-order valence-electron chi connectivity index (χ2n) is 6.10. The van der Waals surface area contributed by atoms with Crippen molar-refractivity contribution in [1.82, 2.24) is 4.98 Å². The lowest BCUT2D eigenvalue weighted by Gasteiger charge is -2.15. The largest absolute Gasteiger partial charge is 0.497 e. The zero-order chi connectivity index (χ0) is 19.6. The zero-order valence-electron chi connectivity index (χ0n) is 16.0. The Morgan fingerprint density at radius 2 is 2.00 bits per heavy atom. The van der Waals surface area contributed by atoms with Crippen LogP contribution in [0.4, 0.5) is 5.69 Å². The summed E-state index contributed by atoms with van der Waals surface area (Å²) in [5.41, 5.74) is 2.18. The van der Waals surface area contributed by atoms with Gasteiger partial charge in [-0.3, -0.25) is 4.79 Å². The van der Waals surface area contributed by atoms with Crippen LogP contribution in [-0.2, 0) is 11.2 Å². The van der Waals surface area contributed by atoms with E-state index in [1.54, 1.807) is 37.4 Å². The quantitative estimate of drug-likeness (QED) is 0.629. The molecule has 2 rings (SSSR count). The molecule has 1 atom stereocenters. The summed E-state index contributed by atoms with van der Waals surface area (Å²) >= 11 is 1.35. The van der Waals surface area contributed by atoms with E-state index < -0.39 is 0 Å². The number of methoxy groups -OCH3 is 1. The molecule has 0 aliphatic rings. The maximum Gasteiger partial charge on any atom is 0.237 e. The van der Waals surface area contributed by atoms with Gasteiger partial charge in [0.1, 0.15) is 16.8 Å². The summed E-state index contributed by atoms with van der Waals surface area (Å²) in [7, 11) is 1.60. The molecule has 0 radical (unpaired) electrons. The SMILES string of the molecule is CCCCc1ccc(C#N)c(SC(CC)C(=O)Nc2ccc(OC)cc2)n1. The molecule has 0 saturated heterocycles. The van der Waals surface area contributed by atoms with Crippen LogP contribution >= 0.6 is 11.8 Å². The number of carbonyl (C=O) groups excluding carboxylic acids is 1. The predicted octanol–water partition coefficient (Wildman–Crippen LogP) is 4.81. The maximum atomic E-state index is 12.7. The number of benzene rings is 1. The van der Waals surface area contributed by atoms with Crippen molar-refractivity contribution < 1.29 is 9.53 Å². The smallest absolute Gasteiger partial charge is 0.237 e. The number of carbonyl (C=O) groups is 1. The lowest BCUT2D eigenvalue weighted by atomic mass is 10.2. The van der Waals surface area contributed by atoms with Crippen LogP contribution in [0.1, 0.15) is 44.4 Å². The predicted molar refractivity (Wildman–Crippen MR) is 109 cm³/mol. The first-order valence-electron chi connectivity index (χ1n) is 9.12. The molecule has 0 saturated carbocycles. The number of nitrogens with one attached hydrogen (secondary N) is 1. The van der Waals surface area contributed by atoms with Crippen LogP contribution in [0.2, 0.25) is 0 Å². The second kappa shape index (κ2) is 10.6. The molecule has 0 spiro atoms. The number of anilines is 1. The van der Waals surface area contributed by atoms with E-state index in [4.69, 9.17) is 4.74 Å². The summed E-state index contributed by atoms with van der Waals surface area (Å²) in [6.45, 7) is 4.09. The van der Waals surface area contributed by atoms with Gasteiger partial charge in [0.2, 0.25) is 5.91 Å². The monoisotopic (exact) mass is 383 g/mol. The van der Waals surface area contributed by atoms with Crippen molar-refractivity contribution in [3.05, 3.63) is 47.7 Å². The highest BCUT2D eigenvalue weighted by Crippen LogP contribution is 2.28. The Hall–Kier alpha value is -2.52. The van der Waals surface area contributed by atoms with E-state index in [-0.39, 0.29) is 11.2 Å². The number of thioether (sulfide) groups is 1. The number of ether oxygens (including phenoxy) is 1. The summed E-state index contributed by atoms with van der Waals surface area (Å²) in [6, 6.07) is 13.1. The van der Waals surface area contributed by atoms with E-state index in [9.17, 15) is 10.1 Å². The van der Waals surface area contributed by atoms with Crippen LogP contribution in [0, 0.1) is 11.3 Å². The molecule has 6 heteroatoms. The van der Waals surface area contributed by atoms with Crippen LogP contribution in [-0.4, -0.2) is 23.3 Å². The van der Waals surface area contributed by atoms with E-state index in [1.807, 2.05) is 13.0 Å². The van der Waals surface area contributed by atoms with Gasteiger partial charge >= 0.3 is 0 Å². The number of aromatic nitrogens is 1. The Morgan fingerprint density at radius 1 is 1.26 bits per heavy atom. The number of amides is 1. The van der Waals surface area contributed by atoms with Crippen molar-refractivity contribution in [3.8, 4) is 11.8 Å². The van der Waals surface area contributed by atoms with Crippen LogP contribution in [0.25, 0.3) is 0 Å². The molecule has 0 bridgehead atoms. The number of nitriles is 1. The molecule has 0 aliphatic carbocycles. The molecular weight excluding hydrogens is 358 g/mol. The van der Waals surface area contributed by atoms with Gasteiger partial charge in [-0.2, -0.15) is 5.26 Å². The number of unbranched alkanes of at least 4 members (excludes halogenated alkanes) is 1. The summed E-state index contributed by atoms with van der Waals surface area (Å²) in [5.74, 6) is 0.637. The number of hydrogen-bond donors (Lipinski definition) is 1. The molecule has 1 amide bonds. The minimum absolute atomic E-state index is 0.0997. The van der Waals surface area contributed by atoms with E-state index in [1.165, 1.54) is 11.8 Å². The fourth-order valence-corrected chi connectivity index (χ4v) is 3.52. The molecule has 0 fully saturated rings. The summed E-state index contributed by atoms with van der Waals surface area (Å²) < 4.78 is 5.13. The molecule has 1 aromatic carbocycles. The van der Waals surface area contributed by atoms with Crippen molar-refractivity contribution in [2.45, 2.75) is 49.8 Å². The van der Waals surface area contributed by atoms with Crippen LogP contribution in [0.15, 0.2) is 41.4 Å². The van der Waals surface area contributed by atoms with Gasteiger partial charge in [0.15, 0.2) is 0 Å². The molecule has 1 aromatic heterocycles. The van der Waals surface area contributed by atoms with Gasteiger partial charge < -0.3 is 10.1 Å². The van der Waals surface area contributed by atoms with Gasteiger partial charge in [-0.15, -0.1) is 0 Å². The normalized spacial score (nSPS) is 11.5. The Balaban J connectivity index is 2.12. The van der Waals surface area contributed by atoms with E-state index in [0.29, 0.717) is 22.7 Å². The third kappa shape index (κ3) is 6.00. The highest BCUT2D eigenvalue weighted by Gasteiger charge is 2.21. The third-order valence-corrected chi connectivity index (χ3v) is 5.47. The lowest BCUT2D eigenvalue weighted by molar-refractivity contribution is -0.115. The van der Waals surface area contributed by atoms with Crippen LogP contribution < -0.4 is 10.1 Å². The van der Waals surface area contributed by atoms with Gasteiger partial charge in [0.05, 0.1) is 17.9 Å². The maximum absolute atomic E-state index is 12.7. The van der Waals surface area contributed by atoms with Crippen LogP contribution in [0.5, 0.6) is 5.75 Å². The second-order valence-corrected chi connectivity index (χ2v) is 7.29. The Kier molecular flexibility index (Phi) is 8.15. The van der Waals surface area contributed by atoms with Crippen molar-refractivity contribution in [1.29, 1.82) is 5.26 Å². The Labute approximate surface area is 165 Å². The van der Waals surface area contributed by atoms with Crippen molar-refractivity contribution in [2.75, 3.05) is 12.4 Å². The zero-order valence-corrected chi connectivity index (χ0v) is 16.8. The molecule has 5 nitrogen and oxygen atoms in total. The first-order chi connectivity index (χ1) is 13.1. The van der Waals surface area contributed by atoms with Crippen molar-refractivity contribution >= 4 is 23.4 Å². The first kappa shape index (κ1) is 20.8. The molecule has 27 heavy (non-hydrogen) atoms. The molecule has 2 aromatic rings. The topological polar surface area (TPSA) is 75.0 Å². The van der Waals surface area contributed by atoms with Gasteiger partial charge in [-0.25, -0.2) is 4.98 Å². The Bertz CT molecular complexity index is 800. The number of pyridine rings is 1. The van der Waals surface area contributed by atoms with E-state index in [0.717, 1.165) is 30.7 Å². The first-order valence-corrected chi connectivity index (χ1v) is 10.0. The van der Waals surface area contributed by atoms with E-state index in [2.05, 4.69) is 23.3 Å². The minimum Gasteiger partial charge on any atom is -0.497 e. The van der Waals surface area contributed by atoms with Crippen molar-refractivity contribution in [3.63, 3.8) is 0 Å².